The Bertz CT molecular complexity index is 1220. The Morgan fingerprint density at radius 1 is 1.19 bits per heavy atom. The van der Waals surface area contributed by atoms with Crippen molar-refractivity contribution < 1.29 is 24.4 Å². The van der Waals surface area contributed by atoms with Crippen LogP contribution in [0.2, 0.25) is 0 Å². The number of benzene rings is 2. The van der Waals surface area contributed by atoms with Crippen molar-refractivity contribution in [3.63, 3.8) is 0 Å². The Labute approximate surface area is 178 Å². The van der Waals surface area contributed by atoms with Crippen molar-refractivity contribution in [3.05, 3.63) is 59.8 Å². The lowest BCUT2D eigenvalue weighted by Crippen LogP contribution is -2.84. The summed E-state index contributed by atoms with van der Waals surface area (Å²) in [7, 11) is 0. The average Bonchev–Trinajstić information content (AvgIpc) is 3.10. The van der Waals surface area contributed by atoms with Crippen LogP contribution in [0.25, 0.3) is 11.1 Å². The lowest BCUT2D eigenvalue weighted by molar-refractivity contribution is -0.522. The molecule has 31 heavy (non-hydrogen) atoms. The molecular weight excluding hydrogens is 396 g/mol. The molecule has 8 heteroatoms. The number of anilines is 1. The van der Waals surface area contributed by atoms with E-state index in [9.17, 15) is 15.0 Å². The van der Waals surface area contributed by atoms with Crippen LogP contribution in [0.15, 0.2) is 58.7 Å². The van der Waals surface area contributed by atoms with Crippen LogP contribution < -0.4 is 15.6 Å². The van der Waals surface area contributed by atoms with Gasteiger partial charge >= 0.3 is 12.0 Å². The number of para-hydroxylation sites is 2. The van der Waals surface area contributed by atoms with E-state index in [1.807, 2.05) is 38.1 Å². The zero-order valence-corrected chi connectivity index (χ0v) is 17.1. The minimum absolute atomic E-state index is 0.0981. The van der Waals surface area contributed by atoms with Gasteiger partial charge in [-0.15, -0.1) is 0 Å². The first-order valence-electron chi connectivity index (χ1n) is 10.1. The third-order valence-corrected chi connectivity index (χ3v) is 5.64. The summed E-state index contributed by atoms with van der Waals surface area (Å²) >= 11 is 0. The van der Waals surface area contributed by atoms with Gasteiger partial charge in [0.15, 0.2) is 17.1 Å². The number of carbonyl (C=O) groups excluding carboxylic acids is 1. The van der Waals surface area contributed by atoms with E-state index in [1.54, 1.807) is 6.07 Å². The second kappa shape index (κ2) is 6.87. The lowest BCUT2D eigenvalue weighted by atomic mass is 9.72. The topological polar surface area (TPSA) is 122 Å². The Kier molecular flexibility index (Phi) is 4.25. The molecule has 5 N–H and O–H groups in total. The molecule has 1 aliphatic carbocycles. The van der Waals surface area contributed by atoms with Crippen LogP contribution in [0.1, 0.15) is 31.9 Å². The highest BCUT2D eigenvalue weighted by Crippen LogP contribution is 2.39. The number of rotatable bonds is 2. The Morgan fingerprint density at radius 2 is 2.00 bits per heavy atom. The number of guanidine groups is 1. The fourth-order valence-corrected chi connectivity index (χ4v) is 4.30. The van der Waals surface area contributed by atoms with Gasteiger partial charge in [-0.3, -0.25) is 9.79 Å². The number of aromatic nitrogens is 1. The largest absolute Gasteiger partial charge is 0.504 e. The van der Waals surface area contributed by atoms with Crippen LogP contribution in [-0.2, 0) is 4.79 Å². The fourth-order valence-electron chi connectivity index (χ4n) is 4.30. The van der Waals surface area contributed by atoms with Crippen molar-refractivity contribution in [2.24, 2.45) is 11.3 Å². The summed E-state index contributed by atoms with van der Waals surface area (Å²) in [4.78, 5) is 20.8. The molecule has 2 heterocycles. The van der Waals surface area contributed by atoms with Gasteiger partial charge in [0.05, 0.1) is 5.70 Å². The SMILES string of the molecule is CC1(C)C=C2NC(Nc3nc4ccccc4o3)=[NH+][C@@H](c3ccc(O)c(O)c3)[C@H]2C(=O)C1. The number of hydrogen-bond donors (Lipinski definition) is 5. The molecule has 0 saturated heterocycles. The highest BCUT2D eigenvalue weighted by atomic mass is 16.4. The van der Waals surface area contributed by atoms with Crippen LogP contribution >= 0.6 is 0 Å². The van der Waals surface area contributed by atoms with E-state index in [0.717, 1.165) is 11.2 Å². The number of allylic oxidation sites excluding steroid dienone is 1. The lowest BCUT2D eigenvalue weighted by Gasteiger charge is -2.36. The van der Waals surface area contributed by atoms with Crippen LogP contribution in [-0.4, -0.2) is 26.9 Å². The van der Waals surface area contributed by atoms with Crippen LogP contribution in [0.5, 0.6) is 11.5 Å². The third-order valence-electron chi connectivity index (χ3n) is 5.64. The van der Waals surface area contributed by atoms with Gasteiger partial charge in [0.25, 0.3) is 0 Å². The van der Waals surface area contributed by atoms with E-state index in [4.69, 9.17) is 4.42 Å². The molecule has 0 amide bonds. The van der Waals surface area contributed by atoms with Crippen molar-refractivity contribution >= 4 is 28.9 Å². The summed E-state index contributed by atoms with van der Waals surface area (Å²) in [6, 6.07) is 11.9. The molecule has 1 aromatic heterocycles. The van der Waals surface area contributed by atoms with E-state index < -0.39 is 12.0 Å². The summed E-state index contributed by atoms with van der Waals surface area (Å²) in [5.41, 5.74) is 2.56. The number of oxazole rings is 1. The Morgan fingerprint density at radius 3 is 2.77 bits per heavy atom. The number of phenols is 2. The molecule has 3 aromatic rings. The van der Waals surface area contributed by atoms with Gasteiger partial charge in [-0.1, -0.05) is 32.0 Å². The number of phenolic OH excluding ortho intramolecular Hbond substituents is 2. The third kappa shape index (κ3) is 3.50. The summed E-state index contributed by atoms with van der Waals surface area (Å²) in [6.45, 7) is 4.04. The van der Waals surface area contributed by atoms with E-state index >= 15 is 0 Å². The zero-order valence-electron chi connectivity index (χ0n) is 17.1. The van der Waals surface area contributed by atoms with Gasteiger partial charge in [0.1, 0.15) is 23.3 Å². The molecule has 2 aromatic carbocycles. The van der Waals surface area contributed by atoms with Gasteiger partial charge < -0.3 is 14.6 Å². The fraction of sp³-hybridized carbons (Fsp3) is 0.261. The zero-order chi connectivity index (χ0) is 21.8. The second-order valence-corrected chi connectivity index (χ2v) is 8.69. The van der Waals surface area contributed by atoms with Crippen molar-refractivity contribution in [2.75, 3.05) is 5.32 Å². The van der Waals surface area contributed by atoms with Crippen molar-refractivity contribution in [1.29, 1.82) is 0 Å². The van der Waals surface area contributed by atoms with Crippen molar-refractivity contribution in [2.45, 2.75) is 26.3 Å². The predicted octanol–water partition coefficient (Wildman–Crippen LogP) is 1.93. The van der Waals surface area contributed by atoms with Gasteiger partial charge in [0, 0.05) is 6.42 Å². The summed E-state index contributed by atoms with van der Waals surface area (Å²) in [6.07, 6.45) is 2.49. The molecule has 5 rings (SSSR count). The first-order valence-corrected chi connectivity index (χ1v) is 10.1. The van der Waals surface area contributed by atoms with E-state index in [2.05, 4.69) is 26.7 Å². The van der Waals surface area contributed by atoms with E-state index in [1.165, 1.54) is 12.1 Å². The smallest absolute Gasteiger partial charge is 0.365 e. The standard InChI is InChI=1S/C23H22N4O4/c1-23(2)10-14-19(17(30)11-23)20(12-7-8-15(28)16(29)9-12)26-21(24-14)27-22-25-13-5-3-4-6-18(13)31-22/h3-10,19-20,28-29H,11H2,1-2H3,(H2,24,25,26,27)/p+1/t19-,20+/m1/s1. The number of aromatic hydroxyl groups is 2. The molecule has 0 radical (unpaired) electrons. The van der Waals surface area contributed by atoms with Gasteiger partial charge in [-0.2, -0.15) is 10.3 Å². The van der Waals surface area contributed by atoms with Gasteiger partial charge in [-0.25, -0.2) is 5.32 Å². The van der Waals surface area contributed by atoms with Crippen LogP contribution in [0, 0.1) is 11.3 Å². The normalized spacial score (nSPS) is 22.3. The van der Waals surface area contributed by atoms with E-state index in [-0.39, 0.29) is 22.7 Å². The molecule has 2 aliphatic rings. The quantitative estimate of drug-likeness (QED) is 0.403. The highest BCUT2D eigenvalue weighted by Gasteiger charge is 2.45. The molecule has 0 bridgehead atoms. The minimum atomic E-state index is -0.453. The maximum atomic E-state index is 13.1. The molecule has 0 saturated carbocycles. The molecule has 0 fully saturated rings. The van der Waals surface area contributed by atoms with E-state index in [0.29, 0.717) is 29.5 Å². The first-order chi connectivity index (χ1) is 14.8. The molecule has 0 spiro atoms. The number of nitrogens with zero attached hydrogens (tertiary/aromatic N) is 1. The monoisotopic (exact) mass is 419 g/mol. The van der Waals surface area contributed by atoms with Gasteiger partial charge in [0.2, 0.25) is 0 Å². The minimum Gasteiger partial charge on any atom is -0.504 e. The molecular formula is C23H23N4O4+. The Balaban J connectivity index is 1.57. The highest BCUT2D eigenvalue weighted by molar-refractivity contribution is 5.94. The number of fused-ring (bicyclic) bond motifs is 2. The summed E-state index contributed by atoms with van der Waals surface area (Å²) in [5.74, 6) is -0.289. The molecule has 2 atom stereocenters. The molecule has 8 nitrogen and oxygen atoms in total. The number of carbonyl (C=O) groups is 1. The molecule has 158 valence electrons. The number of hydrogen-bond acceptors (Lipinski definition) is 7. The first kappa shape index (κ1) is 19.2. The number of nitrogens with one attached hydrogen (secondary N) is 3. The number of ketones is 1. The van der Waals surface area contributed by atoms with Crippen LogP contribution in [0.4, 0.5) is 6.01 Å². The second-order valence-electron chi connectivity index (χ2n) is 8.69. The average molecular weight is 419 g/mol. The predicted molar refractivity (Wildman–Crippen MR) is 114 cm³/mol. The van der Waals surface area contributed by atoms with Crippen molar-refractivity contribution in [1.82, 2.24) is 10.3 Å². The van der Waals surface area contributed by atoms with Crippen LogP contribution in [0.3, 0.4) is 0 Å². The maximum Gasteiger partial charge on any atom is 0.365 e. The molecule has 1 aliphatic heterocycles. The summed E-state index contributed by atoms with van der Waals surface area (Å²) in [5, 5.41) is 26.1. The molecule has 0 unspecified atom stereocenters. The van der Waals surface area contributed by atoms with Crippen molar-refractivity contribution in [3.8, 4) is 11.5 Å². The number of Topliss-reactive ketones (excluding diaryl/α,β-unsaturated/α-hetero) is 1. The summed E-state index contributed by atoms with van der Waals surface area (Å²) < 4.78 is 5.76. The Hall–Kier alpha value is -3.81. The maximum absolute atomic E-state index is 13.1. The van der Waals surface area contributed by atoms with Gasteiger partial charge in [-0.05, 0) is 41.3 Å².